The molecule has 0 amide bonds. The zero-order chi connectivity index (χ0) is 13.9. The SMILES string of the molecule is CCC[C@@H](O)CN1CCC[C@@H](c2nnc3n2CCC3)C1. The van der Waals surface area contributed by atoms with Gasteiger partial charge in [-0.3, -0.25) is 0 Å². The Morgan fingerprint density at radius 2 is 2.20 bits per heavy atom. The lowest BCUT2D eigenvalue weighted by molar-refractivity contribution is 0.0876. The van der Waals surface area contributed by atoms with Gasteiger partial charge in [0.05, 0.1) is 6.10 Å². The molecule has 112 valence electrons. The van der Waals surface area contributed by atoms with Crippen LogP contribution in [0.1, 0.15) is 56.6 Å². The van der Waals surface area contributed by atoms with Crippen molar-refractivity contribution < 1.29 is 5.11 Å². The zero-order valence-electron chi connectivity index (χ0n) is 12.5. The molecule has 5 nitrogen and oxygen atoms in total. The van der Waals surface area contributed by atoms with Gasteiger partial charge in [-0.15, -0.1) is 10.2 Å². The molecule has 2 aliphatic heterocycles. The molecule has 1 N–H and O–H groups in total. The summed E-state index contributed by atoms with van der Waals surface area (Å²) in [7, 11) is 0. The highest BCUT2D eigenvalue weighted by atomic mass is 16.3. The van der Waals surface area contributed by atoms with E-state index in [9.17, 15) is 5.11 Å². The summed E-state index contributed by atoms with van der Waals surface area (Å²) in [4.78, 5) is 2.41. The van der Waals surface area contributed by atoms with E-state index < -0.39 is 0 Å². The fraction of sp³-hybridized carbons (Fsp3) is 0.867. The topological polar surface area (TPSA) is 54.2 Å². The van der Waals surface area contributed by atoms with Crippen LogP contribution < -0.4 is 0 Å². The average molecular weight is 278 g/mol. The van der Waals surface area contributed by atoms with E-state index in [0.717, 1.165) is 45.4 Å². The van der Waals surface area contributed by atoms with Crippen molar-refractivity contribution in [3.63, 3.8) is 0 Å². The molecule has 0 spiro atoms. The quantitative estimate of drug-likeness (QED) is 0.888. The van der Waals surface area contributed by atoms with Crippen molar-refractivity contribution in [2.24, 2.45) is 0 Å². The number of β-amino-alcohol motifs (C(OH)–C–C–N with tert-alkyl or cyclic N) is 1. The van der Waals surface area contributed by atoms with Gasteiger partial charge in [-0.1, -0.05) is 13.3 Å². The predicted octanol–water partition coefficient (Wildman–Crippen LogP) is 1.56. The number of aromatic nitrogens is 3. The second kappa shape index (κ2) is 6.22. The van der Waals surface area contributed by atoms with Crippen LogP contribution in [0.25, 0.3) is 0 Å². The molecule has 1 fully saturated rings. The predicted molar refractivity (Wildman–Crippen MR) is 77.7 cm³/mol. The summed E-state index contributed by atoms with van der Waals surface area (Å²) >= 11 is 0. The number of aliphatic hydroxyl groups excluding tert-OH is 1. The van der Waals surface area contributed by atoms with Crippen LogP contribution in [0.2, 0.25) is 0 Å². The van der Waals surface area contributed by atoms with Crippen LogP contribution in [-0.2, 0) is 13.0 Å². The van der Waals surface area contributed by atoms with E-state index in [0.29, 0.717) is 5.92 Å². The molecule has 2 atom stereocenters. The highest BCUT2D eigenvalue weighted by Crippen LogP contribution is 2.28. The summed E-state index contributed by atoms with van der Waals surface area (Å²) in [6, 6.07) is 0. The summed E-state index contributed by atoms with van der Waals surface area (Å²) < 4.78 is 2.33. The minimum Gasteiger partial charge on any atom is -0.392 e. The van der Waals surface area contributed by atoms with E-state index in [-0.39, 0.29) is 6.10 Å². The number of aliphatic hydroxyl groups is 1. The van der Waals surface area contributed by atoms with Crippen LogP contribution in [-0.4, -0.2) is 50.5 Å². The molecule has 20 heavy (non-hydrogen) atoms. The summed E-state index contributed by atoms with van der Waals surface area (Å²) in [6.07, 6.45) is 6.48. The fourth-order valence-corrected chi connectivity index (χ4v) is 3.63. The Bertz CT molecular complexity index is 445. The van der Waals surface area contributed by atoms with E-state index in [1.54, 1.807) is 0 Å². The van der Waals surface area contributed by atoms with E-state index in [1.165, 1.54) is 30.9 Å². The highest BCUT2D eigenvalue weighted by Gasteiger charge is 2.28. The van der Waals surface area contributed by atoms with Crippen LogP contribution >= 0.6 is 0 Å². The number of piperidine rings is 1. The molecule has 2 aliphatic rings. The van der Waals surface area contributed by atoms with Gasteiger partial charge in [-0.25, -0.2) is 0 Å². The molecule has 0 aliphatic carbocycles. The zero-order valence-corrected chi connectivity index (χ0v) is 12.5. The van der Waals surface area contributed by atoms with E-state index >= 15 is 0 Å². The first-order valence-electron chi connectivity index (χ1n) is 8.10. The summed E-state index contributed by atoms with van der Waals surface area (Å²) in [5, 5.41) is 18.8. The van der Waals surface area contributed by atoms with Crippen molar-refractivity contribution in [1.82, 2.24) is 19.7 Å². The van der Waals surface area contributed by atoms with Crippen LogP contribution in [0.3, 0.4) is 0 Å². The summed E-state index contributed by atoms with van der Waals surface area (Å²) in [6.45, 7) is 6.16. The molecular formula is C15H26N4O. The number of rotatable bonds is 5. The summed E-state index contributed by atoms with van der Waals surface area (Å²) in [5.74, 6) is 2.85. The first kappa shape index (κ1) is 14.0. The van der Waals surface area contributed by atoms with E-state index in [2.05, 4.69) is 26.6 Å². The fourth-order valence-electron chi connectivity index (χ4n) is 3.63. The van der Waals surface area contributed by atoms with Gasteiger partial charge in [0.15, 0.2) is 0 Å². The molecule has 0 radical (unpaired) electrons. The molecule has 3 rings (SSSR count). The van der Waals surface area contributed by atoms with Crippen molar-refractivity contribution >= 4 is 0 Å². The maximum atomic E-state index is 10.00. The number of fused-ring (bicyclic) bond motifs is 1. The van der Waals surface area contributed by atoms with Gasteiger partial charge in [-0.2, -0.15) is 0 Å². The van der Waals surface area contributed by atoms with Crippen molar-refractivity contribution in [3.8, 4) is 0 Å². The van der Waals surface area contributed by atoms with Crippen molar-refractivity contribution in [1.29, 1.82) is 0 Å². The molecule has 3 heterocycles. The third kappa shape index (κ3) is 2.88. The van der Waals surface area contributed by atoms with Gasteiger partial charge >= 0.3 is 0 Å². The first-order valence-corrected chi connectivity index (χ1v) is 8.10. The number of nitrogens with zero attached hydrogens (tertiary/aromatic N) is 4. The van der Waals surface area contributed by atoms with Gasteiger partial charge in [0.1, 0.15) is 11.6 Å². The molecule has 1 aromatic heterocycles. The van der Waals surface area contributed by atoms with Crippen LogP contribution in [0.15, 0.2) is 0 Å². The Kier molecular flexibility index (Phi) is 4.36. The lowest BCUT2D eigenvalue weighted by Crippen LogP contribution is -2.40. The number of likely N-dealkylation sites (tertiary alicyclic amines) is 1. The first-order chi connectivity index (χ1) is 9.78. The summed E-state index contributed by atoms with van der Waals surface area (Å²) in [5.41, 5.74) is 0. The molecule has 0 saturated carbocycles. The molecule has 1 aromatic rings. The smallest absolute Gasteiger partial charge is 0.137 e. The Morgan fingerprint density at radius 1 is 1.30 bits per heavy atom. The number of aryl methyl sites for hydroxylation is 1. The van der Waals surface area contributed by atoms with Gasteiger partial charge in [0.25, 0.3) is 0 Å². The molecule has 5 heteroatoms. The van der Waals surface area contributed by atoms with Crippen LogP contribution in [0.5, 0.6) is 0 Å². The van der Waals surface area contributed by atoms with Crippen molar-refractivity contribution in [2.45, 2.75) is 64.0 Å². The molecule has 1 saturated heterocycles. The van der Waals surface area contributed by atoms with Gasteiger partial charge in [-0.05, 0) is 32.2 Å². The van der Waals surface area contributed by atoms with Crippen LogP contribution in [0, 0.1) is 0 Å². The second-order valence-corrected chi connectivity index (χ2v) is 6.27. The lowest BCUT2D eigenvalue weighted by Gasteiger charge is -2.33. The molecule has 0 bridgehead atoms. The van der Waals surface area contributed by atoms with Crippen molar-refractivity contribution in [2.75, 3.05) is 19.6 Å². The Balaban J connectivity index is 1.63. The minimum absolute atomic E-state index is 0.178. The Hall–Kier alpha value is -0.940. The van der Waals surface area contributed by atoms with Crippen molar-refractivity contribution in [3.05, 3.63) is 11.6 Å². The number of hydrogen-bond acceptors (Lipinski definition) is 4. The normalized spacial score (nSPS) is 24.8. The Labute approximate surface area is 121 Å². The van der Waals surface area contributed by atoms with Gasteiger partial charge in [0.2, 0.25) is 0 Å². The standard InChI is InChI=1S/C15H26N4O/c1-2-5-13(20)11-18-8-3-6-12(10-18)15-17-16-14-7-4-9-19(14)15/h12-13,20H,2-11H2,1H3/t12-,13-/m1/s1. The minimum atomic E-state index is -0.178. The van der Waals surface area contributed by atoms with Gasteiger partial charge in [0, 0.05) is 32.0 Å². The maximum absolute atomic E-state index is 10.00. The second-order valence-electron chi connectivity index (χ2n) is 6.27. The van der Waals surface area contributed by atoms with E-state index in [1.807, 2.05) is 0 Å². The van der Waals surface area contributed by atoms with E-state index in [4.69, 9.17) is 0 Å². The third-order valence-electron chi connectivity index (χ3n) is 4.60. The van der Waals surface area contributed by atoms with Crippen LogP contribution in [0.4, 0.5) is 0 Å². The third-order valence-corrected chi connectivity index (χ3v) is 4.60. The average Bonchev–Trinajstić information content (AvgIpc) is 3.01. The molecule has 0 aromatic carbocycles. The Morgan fingerprint density at radius 3 is 3.05 bits per heavy atom. The van der Waals surface area contributed by atoms with Gasteiger partial charge < -0.3 is 14.6 Å². The highest BCUT2D eigenvalue weighted by molar-refractivity contribution is 5.07. The number of hydrogen-bond donors (Lipinski definition) is 1. The maximum Gasteiger partial charge on any atom is 0.137 e. The monoisotopic (exact) mass is 278 g/mol. The largest absolute Gasteiger partial charge is 0.392 e. The molecular weight excluding hydrogens is 252 g/mol. The lowest BCUT2D eigenvalue weighted by atomic mass is 9.96. The molecule has 0 unspecified atom stereocenters.